The predicted molar refractivity (Wildman–Crippen MR) is 130 cm³/mol. The summed E-state index contributed by atoms with van der Waals surface area (Å²) in [6.45, 7) is 3.69. The number of benzene rings is 4. The molecule has 2 amide bonds. The average molecular weight is 466 g/mol. The van der Waals surface area contributed by atoms with Crippen molar-refractivity contribution < 1.29 is 24.4 Å². The molecule has 0 radical (unpaired) electrons. The summed E-state index contributed by atoms with van der Waals surface area (Å²) in [5, 5.41) is 22.2. The highest BCUT2D eigenvalue weighted by Gasteiger charge is 2.37. The minimum Gasteiger partial charge on any atom is -0.478 e. The molecule has 0 aliphatic carbocycles. The first-order chi connectivity index (χ1) is 16.7. The van der Waals surface area contributed by atoms with Crippen LogP contribution in [0.25, 0.3) is 21.9 Å². The van der Waals surface area contributed by atoms with Gasteiger partial charge in [0.2, 0.25) is 0 Å². The van der Waals surface area contributed by atoms with Gasteiger partial charge in [0.25, 0.3) is 17.5 Å². The monoisotopic (exact) mass is 466 g/mol. The van der Waals surface area contributed by atoms with Crippen molar-refractivity contribution in [1.29, 1.82) is 0 Å². The van der Waals surface area contributed by atoms with Crippen LogP contribution in [0.5, 0.6) is 0 Å². The Morgan fingerprint density at radius 2 is 1.63 bits per heavy atom. The molecular weight excluding hydrogens is 448 g/mol. The molecule has 35 heavy (non-hydrogen) atoms. The number of imide groups is 1. The molecule has 1 aliphatic heterocycles. The molecule has 0 bridgehead atoms. The Morgan fingerprint density at radius 1 is 0.914 bits per heavy atom. The van der Waals surface area contributed by atoms with Crippen LogP contribution in [-0.4, -0.2) is 27.8 Å². The third-order valence-corrected chi connectivity index (χ3v) is 6.20. The summed E-state index contributed by atoms with van der Waals surface area (Å²) in [4.78, 5) is 51.3. The molecule has 5 rings (SSSR count). The minimum atomic E-state index is -1.17. The number of anilines is 1. The fraction of sp³-hybridized carbons (Fsp3) is 0.0741. The normalized spacial score (nSPS) is 12.8. The van der Waals surface area contributed by atoms with Gasteiger partial charge >= 0.3 is 5.97 Å². The number of rotatable bonds is 4. The summed E-state index contributed by atoms with van der Waals surface area (Å²) in [5.41, 5.74) is 2.45. The number of hydrogen-bond acceptors (Lipinski definition) is 5. The van der Waals surface area contributed by atoms with Crippen molar-refractivity contribution in [3.05, 3.63) is 105 Å². The van der Waals surface area contributed by atoms with Crippen molar-refractivity contribution in [2.45, 2.75) is 13.8 Å². The molecule has 8 heteroatoms. The van der Waals surface area contributed by atoms with Crippen LogP contribution in [0.2, 0.25) is 0 Å². The van der Waals surface area contributed by atoms with Crippen molar-refractivity contribution in [2.75, 3.05) is 4.90 Å². The van der Waals surface area contributed by atoms with E-state index in [4.69, 9.17) is 0 Å². The molecule has 0 fully saturated rings. The van der Waals surface area contributed by atoms with Crippen LogP contribution in [-0.2, 0) is 0 Å². The van der Waals surface area contributed by atoms with Gasteiger partial charge in [0.05, 0.1) is 27.3 Å². The maximum Gasteiger partial charge on any atom is 0.335 e. The summed E-state index contributed by atoms with van der Waals surface area (Å²) in [6, 6.07) is 17.1. The van der Waals surface area contributed by atoms with E-state index < -0.39 is 22.7 Å². The summed E-state index contributed by atoms with van der Waals surface area (Å²) in [7, 11) is 0. The molecule has 0 atom stereocenters. The zero-order valence-corrected chi connectivity index (χ0v) is 18.7. The van der Waals surface area contributed by atoms with Crippen LogP contribution < -0.4 is 4.90 Å². The Bertz CT molecular complexity index is 1620. The number of nitro benzene ring substituents is 1. The lowest BCUT2D eigenvalue weighted by Crippen LogP contribution is -2.41. The number of nitrogens with zero attached hydrogens (tertiary/aromatic N) is 2. The number of aryl methyl sites for hydroxylation is 2. The standard InChI is InChI=1S/C27H18N2O6/c1-14-9-10-21(15(2)11-14)28-25(30)19-8-4-7-18-23(16-5-3-6-17(12-16)27(32)33)22(29(34)35)13-20(24(18)19)26(28)31/h3-13H,1-2H3,(H,32,33). The van der Waals surface area contributed by atoms with E-state index in [1.807, 2.05) is 13.0 Å². The van der Waals surface area contributed by atoms with Gasteiger partial charge < -0.3 is 5.11 Å². The third-order valence-electron chi connectivity index (χ3n) is 6.20. The maximum atomic E-state index is 13.6. The number of carbonyl (C=O) groups excluding carboxylic acids is 2. The molecule has 0 spiro atoms. The first-order valence-electron chi connectivity index (χ1n) is 10.7. The lowest BCUT2D eigenvalue weighted by atomic mass is 9.87. The second-order valence-corrected chi connectivity index (χ2v) is 8.43. The first-order valence-corrected chi connectivity index (χ1v) is 10.7. The summed E-state index contributed by atoms with van der Waals surface area (Å²) < 4.78 is 0. The van der Waals surface area contributed by atoms with Crippen molar-refractivity contribution in [1.82, 2.24) is 0 Å². The van der Waals surface area contributed by atoms with Gasteiger partial charge in [-0.15, -0.1) is 0 Å². The van der Waals surface area contributed by atoms with Crippen molar-refractivity contribution in [3.63, 3.8) is 0 Å². The molecular formula is C27H18N2O6. The summed E-state index contributed by atoms with van der Waals surface area (Å²) >= 11 is 0. The highest BCUT2D eigenvalue weighted by molar-refractivity contribution is 6.37. The topological polar surface area (TPSA) is 118 Å². The lowest BCUT2D eigenvalue weighted by molar-refractivity contribution is -0.384. The van der Waals surface area contributed by atoms with Crippen molar-refractivity contribution in [2.24, 2.45) is 0 Å². The molecule has 1 N–H and O–H groups in total. The van der Waals surface area contributed by atoms with Crippen LogP contribution in [0.4, 0.5) is 11.4 Å². The van der Waals surface area contributed by atoms with E-state index in [2.05, 4.69) is 0 Å². The third kappa shape index (κ3) is 3.34. The van der Waals surface area contributed by atoms with Crippen LogP contribution in [0, 0.1) is 24.0 Å². The van der Waals surface area contributed by atoms with Gasteiger partial charge in [0.1, 0.15) is 0 Å². The molecule has 172 valence electrons. The molecule has 1 heterocycles. The van der Waals surface area contributed by atoms with Crippen LogP contribution in [0.15, 0.2) is 66.7 Å². The lowest BCUT2D eigenvalue weighted by Gasteiger charge is -2.29. The van der Waals surface area contributed by atoms with Crippen molar-refractivity contribution in [3.8, 4) is 11.1 Å². The Morgan fingerprint density at radius 3 is 2.31 bits per heavy atom. The van der Waals surface area contributed by atoms with Gasteiger partial charge in [-0.05, 0) is 54.6 Å². The van der Waals surface area contributed by atoms with Gasteiger partial charge in [-0.25, -0.2) is 9.69 Å². The predicted octanol–water partition coefficient (Wildman–Crippen LogP) is 5.53. The smallest absolute Gasteiger partial charge is 0.335 e. The molecule has 1 aliphatic rings. The van der Waals surface area contributed by atoms with E-state index in [9.17, 15) is 29.6 Å². The summed E-state index contributed by atoms with van der Waals surface area (Å²) in [5.74, 6) is -2.36. The number of aromatic carboxylic acids is 1. The zero-order chi connectivity index (χ0) is 25.0. The van der Waals surface area contributed by atoms with Crippen molar-refractivity contribution >= 4 is 39.9 Å². The Labute approximate surface area is 199 Å². The maximum absolute atomic E-state index is 13.6. The van der Waals surface area contributed by atoms with E-state index >= 15 is 0 Å². The van der Waals surface area contributed by atoms with E-state index in [0.717, 1.165) is 16.0 Å². The highest BCUT2D eigenvalue weighted by Crippen LogP contribution is 2.43. The molecule has 0 saturated heterocycles. The molecule has 0 aromatic heterocycles. The van der Waals surface area contributed by atoms with E-state index in [1.165, 1.54) is 24.3 Å². The molecule has 0 saturated carbocycles. The fourth-order valence-electron chi connectivity index (χ4n) is 4.68. The molecule has 4 aromatic rings. The second-order valence-electron chi connectivity index (χ2n) is 8.43. The molecule has 0 unspecified atom stereocenters. The Hall–Kier alpha value is -4.85. The Balaban J connectivity index is 1.83. The number of carboxylic acids is 1. The first kappa shape index (κ1) is 22.0. The van der Waals surface area contributed by atoms with E-state index in [-0.39, 0.29) is 27.9 Å². The molecule has 4 aromatic carbocycles. The minimum absolute atomic E-state index is 0.0366. The van der Waals surface area contributed by atoms with Crippen LogP contribution >= 0.6 is 0 Å². The van der Waals surface area contributed by atoms with Crippen LogP contribution in [0.1, 0.15) is 42.2 Å². The van der Waals surface area contributed by atoms with E-state index in [0.29, 0.717) is 22.0 Å². The number of nitro groups is 1. The fourth-order valence-corrected chi connectivity index (χ4v) is 4.68. The molecule has 8 nitrogen and oxygen atoms in total. The van der Waals surface area contributed by atoms with Crippen LogP contribution in [0.3, 0.4) is 0 Å². The largest absolute Gasteiger partial charge is 0.478 e. The van der Waals surface area contributed by atoms with Gasteiger partial charge in [0, 0.05) is 17.0 Å². The van der Waals surface area contributed by atoms with Gasteiger partial charge in [0.15, 0.2) is 0 Å². The number of carboxylic acid groups (broad SMARTS) is 1. The summed E-state index contributed by atoms with van der Waals surface area (Å²) in [6.07, 6.45) is 0. The quantitative estimate of drug-likeness (QED) is 0.240. The highest BCUT2D eigenvalue weighted by atomic mass is 16.6. The second kappa shape index (κ2) is 7.88. The van der Waals surface area contributed by atoms with Gasteiger partial charge in [-0.1, -0.05) is 42.0 Å². The Kier molecular flexibility index (Phi) is 4.94. The number of amides is 2. The van der Waals surface area contributed by atoms with E-state index in [1.54, 1.807) is 43.3 Å². The zero-order valence-electron chi connectivity index (χ0n) is 18.7. The number of carbonyl (C=O) groups is 3. The average Bonchev–Trinajstić information content (AvgIpc) is 2.83. The SMILES string of the molecule is Cc1ccc(N2C(=O)c3cccc4c(-c5cccc(C(=O)O)c5)c([N+](=O)[O-])cc(c34)C2=O)c(C)c1. The van der Waals surface area contributed by atoms with Gasteiger partial charge in [-0.3, -0.25) is 19.7 Å². The van der Waals surface area contributed by atoms with Gasteiger partial charge in [-0.2, -0.15) is 0 Å². The number of hydrogen-bond donors (Lipinski definition) is 1.